The van der Waals surface area contributed by atoms with E-state index in [1.54, 1.807) is 10.7 Å². The van der Waals surface area contributed by atoms with Crippen molar-refractivity contribution in [2.45, 2.75) is 45.3 Å². The first-order valence-electron chi connectivity index (χ1n) is 11.6. The Balaban J connectivity index is 1.32. The van der Waals surface area contributed by atoms with Crippen molar-refractivity contribution in [1.29, 1.82) is 0 Å². The third-order valence-corrected chi connectivity index (χ3v) is 6.97. The van der Waals surface area contributed by atoms with E-state index in [4.69, 9.17) is 14.7 Å². The molecule has 4 aromatic rings. The maximum atomic E-state index is 6.34. The number of anilines is 1. The molecule has 33 heavy (non-hydrogen) atoms. The molecular weight excluding hydrogens is 416 g/mol. The number of aromatic nitrogens is 6. The topological polar surface area (TPSA) is 94.2 Å². The Morgan fingerprint density at radius 1 is 1.18 bits per heavy atom. The van der Waals surface area contributed by atoms with E-state index < -0.39 is 0 Å². The molecule has 1 saturated carbocycles. The molecule has 1 saturated heterocycles. The van der Waals surface area contributed by atoms with Crippen molar-refractivity contribution in [1.82, 2.24) is 34.7 Å². The molecule has 2 fully saturated rings. The number of rotatable bonds is 7. The lowest BCUT2D eigenvalue weighted by Crippen LogP contribution is -2.66. The Kier molecular flexibility index (Phi) is 4.79. The summed E-state index contributed by atoms with van der Waals surface area (Å²) in [5, 5.41) is 15.8. The van der Waals surface area contributed by atoms with Crippen molar-refractivity contribution in [3.63, 3.8) is 0 Å². The number of hydrogen-bond acceptors (Lipinski definition) is 7. The summed E-state index contributed by atoms with van der Waals surface area (Å²) in [7, 11) is 0. The van der Waals surface area contributed by atoms with E-state index in [1.807, 2.05) is 35.3 Å². The molecule has 0 amide bonds. The first-order chi connectivity index (χ1) is 16.1. The molecule has 1 unspecified atom stereocenters. The number of para-hydroxylation sites is 1. The minimum absolute atomic E-state index is 0.167. The van der Waals surface area contributed by atoms with Crippen molar-refractivity contribution in [2.75, 3.05) is 18.4 Å². The van der Waals surface area contributed by atoms with Crippen molar-refractivity contribution in [2.24, 2.45) is 5.41 Å². The molecule has 0 radical (unpaired) electrons. The molecule has 2 aliphatic rings. The lowest BCUT2D eigenvalue weighted by molar-refractivity contribution is -0.0846. The van der Waals surface area contributed by atoms with Gasteiger partial charge in [-0.2, -0.15) is 24.7 Å². The quantitative estimate of drug-likeness (QED) is 0.452. The molecule has 170 valence electrons. The molecule has 1 spiro atoms. The largest absolute Gasteiger partial charge is 0.459 e. The lowest BCUT2D eigenvalue weighted by atomic mass is 9.62. The number of nitrogens with zero attached hydrogens (tertiary/aromatic N) is 6. The summed E-state index contributed by atoms with van der Waals surface area (Å²) in [4.78, 5) is 9.51. The molecule has 1 atom stereocenters. The van der Waals surface area contributed by atoms with Gasteiger partial charge in [-0.3, -0.25) is 0 Å². The van der Waals surface area contributed by atoms with E-state index >= 15 is 0 Å². The Labute approximate surface area is 192 Å². The van der Waals surface area contributed by atoms with Crippen LogP contribution in [0.15, 0.2) is 48.9 Å². The molecule has 4 heterocycles. The first-order valence-corrected chi connectivity index (χ1v) is 11.6. The van der Waals surface area contributed by atoms with Gasteiger partial charge in [-0.25, -0.2) is 4.68 Å². The third kappa shape index (κ3) is 3.43. The highest BCUT2D eigenvalue weighted by Crippen LogP contribution is 2.46. The summed E-state index contributed by atoms with van der Waals surface area (Å²) >= 11 is 0. The SMILES string of the molecule is CC(C)c1cnn2c(NCc3ccccc3-n3cccn3)nc(OC3CCC34CNC4)nc12. The van der Waals surface area contributed by atoms with Gasteiger partial charge in [0.05, 0.1) is 11.9 Å². The lowest BCUT2D eigenvalue weighted by Gasteiger charge is -2.54. The van der Waals surface area contributed by atoms with Gasteiger partial charge in [0, 0.05) is 43.0 Å². The Morgan fingerprint density at radius 2 is 2.06 bits per heavy atom. The maximum Gasteiger partial charge on any atom is 0.322 e. The number of nitrogens with one attached hydrogen (secondary N) is 2. The highest BCUT2D eigenvalue weighted by Gasteiger charge is 2.53. The molecule has 1 aromatic carbocycles. The Morgan fingerprint density at radius 3 is 2.76 bits per heavy atom. The fourth-order valence-corrected chi connectivity index (χ4v) is 4.75. The van der Waals surface area contributed by atoms with Crippen molar-refractivity contribution in [3.05, 3.63) is 60.0 Å². The predicted molar refractivity (Wildman–Crippen MR) is 125 cm³/mol. The van der Waals surface area contributed by atoms with Crippen molar-refractivity contribution >= 4 is 11.6 Å². The smallest absolute Gasteiger partial charge is 0.322 e. The van der Waals surface area contributed by atoms with E-state index in [1.165, 1.54) is 6.42 Å². The summed E-state index contributed by atoms with van der Waals surface area (Å²) in [6, 6.07) is 10.5. The summed E-state index contributed by atoms with van der Waals surface area (Å²) in [5.41, 5.74) is 4.25. The normalized spacial score (nSPS) is 18.9. The number of benzene rings is 1. The minimum Gasteiger partial charge on any atom is -0.459 e. The van der Waals surface area contributed by atoms with Gasteiger partial charge in [0.1, 0.15) is 6.10 Å². The van der Waals surface area contributed by atoms with Crippen LogP contribution in [-0.2, 0) is 6.54 Å². The van der Waals surface area contributed by atoms with Crippen LogP contribution in [-0.4, -0.2) is 48.6 Å². The maximum absolute atomic E-state index is 6.34. The zero-order valence-corrected chi connectivity index (χ0v) is 18.9. The van der Waals surface area contributed by atoms with Gasteiger partial charge < -0.3 is 15.4 Å². The molecule has 6 rings (SSSR count). The summed E-state index contributed by atoms with van der Waals surface area (Å²) in [5.74, 6) is 0.918. The molecule has 1 aliphatic heterocycles. The summed E-state index contributed by atoms with van der Waals surface area (Å²) in [6.07, 6.45) is 8.02. The summed E-state index contributed by atoms with van der Waals surface area (Å²) in [6.45, 7) is 6.89. The van der Waals surface area contributed by atoms with E-state index in [9.17, 15) is 0 Å². The fraction of sp³-hybridized carbons (Fsp3) is 0.417. The monoisotopic (exact) mass is 444 g/mol. The Bertz CT molecular complexity index is 1270. The van der Waals surface area contributed by atoms with Gasteiger partial charge >= 0.3 is 6.01 Å². The van der Waals surface area contributed by atoms with Crippen LogP contribution in [0, 0.1) is 5.41 Å². The van der Waals surface area contributed by atoms with Crippen LogP contribution in [0.5, 0.6) is 6.01 Å². The predicted octanol–water partition coefficient (Wildman–Crippen LogP) is 3.18. The van der Waals surface area contributed by atoms with Crippen LogP contribution < -0.4 is 15.4 Å². The van der Waals surface area contributed by atoms with Gasteiger partial charge in [-0.15, -0.1) is 0 Å². The van der Waals surface area contributed by atoms with Crippen LogP contribution in [0.1, 0.15) is 43.7 Å². The van der Waals surface area contributed by atoms with Crippen LogP contribution in [0.4, 0.5) is 5.95 Å². The van der Waals surface area contributed by atoms with Crippen LogP contribution in [0.2, 0.25) is 0 Å². The highest BCUT2D eigenvalue weighted by molar-refractivity contribution is 5.53. The van der Waals surface area contributed by atoms with Crippen LogP contribution in [0.3, 0.4) is 0 Å². The highest BCUT2D eigenvalue weighted by atomic mass is 16.5. The van der Waals surface area contributed by atoms with Gasteiger partial charge in [0.15, 0.2) is 5.65 Å². The molecule has 1 aliphatic carbocycles. The van der Waals surface area contributed by atoms with E-state index in [0.717, 1.165) is 42.0 Å². The van der Waals surface area contributed by atoms with Gasteiger partial charge in [-0.1, -0.05) is 32.0 Å². The average Bonchev–Trinajstić information content (AvgIpc) is 3.44. The molecule has 2 N–H and O–H groups in total. The fourth-order valence-electron chi connectivity index (χ4n) is 4.75. The standard InChI is InChI=1S/C24H28N8O/c1-16(2)18-13-28-32-21(18)29-23(33-20-8-9-24(20)14-25-15-24)30-22(32)26-12-17-6-3-4-7-19(17)31-11-5-10-27-31/h3-7,10-11,13,16,20,25H,8-9,12,14-15H2,1-2H3,(H,26,29,30). The zero-order valence-electron chi connectivity index (χ0n) is 18.9. The molecule has 0 bridgehead atoms. The molecular formula is C24H28N8O. The molecule has 3 aromatic heterocycles. The van der Waals surface area contributed by atoms with Gasteiger partial charge in [0.25, 0.3) is 0 Å². The van der Waals surface area contributed by atoms with E-state index in [2.05, 4.69) is 46.8 Å². The zero-order chi connectivity index (χ0) is 22.4. The second kappa shape index (κ2) is 7.84. The minimum atomic E-state index is 0.167. The van der Waals surface area contributed by atoms with E-state index in [0.29, 0.717) is 24.4 Å². The molecule has 9 heteroatoms. The number of ether oxygens (including phenoxy) is 1. The first kappa shape index (κ1) is 20.2. The van der Waals surface area contributed by atoms with Crippen molar-refractivity contribution < 1.29 is 4.74 Å². The van der Waals surface area contributed by atoms with Crippen LogP contribution >= 0.6 is 0 Å². The van der Waals surface area contributed by atoms with Gasteiger partial charge in [0.2, 0.25) is 5.95 Å². The van der Waals surface area contributed by atoms with Crippen molar-refractivity contribution in [3.8, 4) is 11.7 Å². The second-order valence-corrected chi connectivity index (χ2v) is 9.36. The average molecular weight is 445 g/mol. The number of hydrogen-bond donors (Lipinski definition) is 2. The Hall–Kier alpha value is -3.46. The van der Waals surface area contributed by atoms with Gasteiger partial charge in [-0.05, 0) is 36.5 Å². The van der Waals surface area contributed by atoms with E-state index in [-0.39, 0.29) is 11.5 Å². The van der Waals surface area contributed by atoms with Crippen LogP contribution in [0.25, 0.3) is 11.3 Å². The second-order valence-electron chi connectivity index (χ2n) is 9.36. The number of fused-ring (bicyclic) bond motifs is 1. The third-order valence-electron chi connectivity index (χ3n) is 6.97. The molecule has 9 nitrogen and oxygen atoms in total. The summed E-state index contributed by atoms with van der Waals surface area (Å²) < 4.78 is 9.99.